The molecule has 0 saturated carbocycles. The van der Waals surface area contributed by atoms with Crippen LogP contribution < -0.4 is 9.47 Å². The lowest BCUT2D eigenvalue weighted by atomic mass is 9.89. The Morgan fingerprint density at radius 2 is 1.68 bits per heavy atom. The Bertz CT molecular complexity index is 1260. The second-order valence-electron chi connectivity index (χ2n) is 8.77. The minimum absolute atomic E-state index is 0.197. The molecule has 0 bridgehead atoms. The minimum Gasteiger partial charge on any atom is -0.497 e. The third-order valence-corrected chi connectivity index (χ3v) is 6.71. The Hall–Kier alpha value is -3.38. The molecule has 1 aromatic heterocycles. The molecule has 2 heterocycles. The van der Waals surface area contributed by atoms with Gasteiger partial charge in [0.1, 0.15) is 29.7 Å². The number of aromatic amines is 1. The van der Waals surface area contributed by atoms with Gasteiger partial charge in [0.25, 0.3) is 0 Å². The van der Waals surface area contributed by atoms with Gasteiger partial charge in [-0.2, -0.15) is 0 Å². The predicted molar refractivity (Wildman–Crippen MR) is 131 cm³/mol. The number of nitrogens with one attached hydrogen (secondary N) is 1. The largest absolute Gasteiger partial charge is 0.497 e. The Morgan fingerprint density at radius 1 is 0.941 bits per heavy atom. The van der Waals surface area contributed by atoms with E-state index >= 15 is 0 Å². The highest BCUT2D eigenvalue weighted by Gasteiger charge is 2.23. The molecule has 0 spiro atoms. The quantitative estimate of drug-likeness (QED) is 0.346. The SMILES string of the molecule is COc1ccc(-c2cc(F)ccc2OCCN2CCC(c3c[nH]c4ccc(F)cc34)CC2)cc1. The molecule has 6 heteroatoms. The van der Waals surface area contributed by atoms with Crippen LogP contribution in [-0.4, -0.2) is 43.2 Å². The average molecular weight is 463 g/mol. The van der Waals surface area contributed by atoms with Crippen molar-refractivity contribution in [2.75, 3.05) is 33.4 Å². The smallest absolute Gasteiger partial charge is 0.127 e. The fraction of sp³-hybridized carbons (Fsp3) is 0.286. The molecule has 3 aromatic carbocycles. The van der Waals surface area contributed by atoms with Crippen molar-refractivity contribution in [1.82, 2.24) is 9.88 Å². The Kier molecular flexibility index (Phi) is 6.50. The van der Waals surface area contributed by atoms with Crippen molar-refractivity contribution >= 4 is 10.9 Å². The summed E-state index contributed by atoms with van der Waals surface area (Å²) in [5, 5.41) is 0.990. The first-order chi connectivity index (χ1) is 16.6. The van der Waals surface area contributed by atoms with Gasteiger partial charge < -0.3 is 14.5 Å². The summed E-state index contributed by atoms with van der Waals surface area (Å²) >= 11 is 0. The van der Waals surface area contributed by atoms with Gasteiger partial charge >= 0.3 is 0 Å². The van der Waals surface area contributed by atoms with Crippen LogP contribution in [0.4, 0.5) is 8.78 Å². The number of H-pyrrole nitrogens is 1. The van der Waals surface area contributed by atoms with Crippen LogP contribution in [-0.2, 0) is 0 Å². The van der Waals surface area contributed by atoms with Gasteiger partial charge in [-0.25, -0.2) is 8.78 Å². The lowest BCUT2D eigenvalue weighted by Gasteiger charge is -2.31. The minimum atomic E-state index is -0.294. The van der Waals surface area contributed by atoms with E-state index in [9.17, 15) is 8.78 Å². The van der Waals surface area contributed by atoms with E-state index in [0.29, 0.717) is 18.3 Å². The van der Waals surface area contributed by atoms with E-state index in [0.717, 1.165) is 60.3 Å². The molecule has 5 rings (SSSR count). The van der Waals surface area contributed by atoms with Crippen LogP contribution >= 0.6 is 0 Å². The third-order valence-electron chi connectivity index (χ3n) is 6.71. The summed E-state index contributed by atoms with van der Waals surface area (Å²) in [6.45, 7) is 3.25. The molecule has 1 N–H and O–H groups in total. The first-order valence-corrected chi connectivity index (χ1v) is 11.7. The highest BCUT2D eigenvalue weighted by atomic mass is 19.1. The normalized spacial score (nSPS) is 15.0. The van der Waals surface area contributed by atoms with Crippen molar-refractivity contribution in [1.29, 1.82) is 0 Å². The summed E-state index contributed by atoms with van der Waals surface area (Å²) in [6.07, 6.45) is 4.08. The molecule has 0 aliphatic carbocycles. The number of aromatic nitrogens is 1. The van der Waals surface area contributed by atoms with Crippen molar-refractivity contribution < 1.29 is 18.3 Å². The van der Waals surface area contributed by atoms with Crippen LogP contribution in [0.5, 0.6) is 11.5 Å². The van der Waals surface area contributed by atoms with E-state index < -0.39 is 0 Å². The number of halogens is 2. The van der Waals surface area contributed by atoms with Crippen molar-refractivity contribution in [2.45, 2.75) is 18.8 Å². The number of piperidine rings is 1. The molecule has 0 atom stereocenters. The van der Waals surface area contributed by atoms with Gasteiger partial charge in [-0.15, -0.1) is 0 Å². The number of hydrogen-bond acceptors (Lipinski definition) is 3. The van der Waals surface area contributed by atoms with Crippen LogP contribution in [0.25, 0.3) is 22.0 Å². The number of benzene rings is 3. The summed E-state index contributed by atoms with van der Waals surface area (Å²) in [4.78, 5) is 5.66. The summed E-state index contributed by atoms with van der Waals surface area (Å²) in [5.41, 5.74) is 3.80. The molecule has 0 radical (unpaired) electrons. The molecule has 0 amide bonds. The molecular formula is C28H28F2N2O2. The van der Waals surface area contributed by atoms with Crippen molar-refractivity contribution in [3.63, 3.8) is 0 Å². The Balaban J connectivity index is 1.18. The van der Waals surface area contributed by atoms with E-state index in [2.05, 4.69) is 9.88 Å². The van der Waals surface area contributed by atoms with E-state index in [-0.39, 0.29) is 11.6 Å². The maximum absolute atomic E-state index is 14.0. The van der Waals surface area contributed by atoms with Crippen LogP contribution in [0.1, 0.15) is 24.3 Å². The summed E-state index contributed by atoms with van der Waals surface area (Å²) in [6, 6.07) is 17.1. The van der Waals surface area contributed by atoms with Gasteiger partial charge in [-0.1, -0.05) is 12.1 Å². The monoisotopic (exact) mass is 462 g/mol. The predicted octanol–water partition coefficient (Wildman–Crippen LogP) is 6.38. The zero-order valence-corrected chi connectivity index (χ0v) is 19.2. The molecule has 1 fully saturated rings. The van der Waals surface area contributed by atoms with Gasteiger partial charge in [-0.3, -0.25) is 4.90 Å². The molecule has 1 saturated heterocycles. The molecule has 176 valence electrons. The zero-order chi connectivity index (χ0) is 23.5. The van der Waals surface area contributed by atoms with E-state index in [1.165, 1.54) is 23.8 Å². The molecule has 34 heavy (non-hydrogen) atoms. The average Bonchev–Trinajstić information content (AvgIpc) is 3.28. The summed E-state index contributed by atoms with van der Waals surface area (Å²) in [7, 11) is 1.62. The van der Waals surface area contributed by atoms with Crippen molar-refractivity contribution in [2.24, 2.45) is 0 Å². The maximum Gasteiger partial charge on any atom is 0.127 e. The lowest BCUT2D eigenvalue weighted by molar-refractivity contribution is 0.174. The third kappa shape index (κ3) is 4.77. The molecule has 0 unspecified atom stereocenters. The van der Waals surface area contributed by atoms with Crippen molar-refractivity contribution in [3.05, 3.63) is 84.1 Å². The highest BCUT2D eigenvalue weighted by molar-refractivity contribution is 5.83. The van der Waals surface area contributed by atoms with Crippen LogP contribution in [0.15, 0.2) is 66.9 Å². The second kappa shape index (κ2) is 9.85. The number of ether oxygens (including phenoxy) is 2. The van der Waals surface area contributed by atoms with Crippen LogP contribution in [0, 0.1) is 11.6 Å². The Morgan fingerprint density at radius 3 is 2.44 bits per heavy atom. The maximum atomic E-state index is 14.0. The first kappa shape index (κ1) is 22.4. The van der Waals surface area contributed by atoms with Crippen LogP contribution in [0.3, 0.4) is 0 Å². The number of likely N-dealkylation sites (tertiary alicyclic amines) is 1. The standard InChI is InChI=1S/C28H28F2N2O2/c1-33-23-6-2-19(3-7-23)24-16-22(30)5-9-28(24)34-15-14-32-12-10-20(11-13-32)26-18-31-27-8-4-21(29)17-25(26)27/h2-9,16-18,20,31H,10-15H2,1H3. The second-order valence-corrected chi connectivity index (χ2v) is 8.77. The van der Waals surface area contributed by atoms with E-state index in [1.54, 1.807) is 25.3 Å². The first-order valence-electron chi connectivity index (χ1n) is 11.7. The van der Waals surface area contributed by atoms with Gasteiger partial charge in [0.15, 0.2) is 0 Å². The lowest BCUT2D eigenvalue weighted by Crippen LogP contribution is -2.35. The van der Waals surface area contributed by atoms with Gasteiger partial charge in [0.05, 0.1) is 7.11 Å². The fourth-order valence-corrected chi connectivity index (χ4v) is 4.83. The summed E-state index contributed by atoms with van der Waals surface area (Å²) in [5.74, 6) is 1.35. The number of nitrogens with zero attached hydrogens (tertiary/aromatic N) is 1. The van der Waals surface area contributed by atoms with E-state index in [4.69, 9.17) is 9.47 Å². The van der Waals surface area contributed by atoms with Crippen LogP contribution in [0.2, 0.25) is 0 Å². The summed E-state index contributed by atoms with van der Waals surface area (Å²) < 4.78 is 39.0. The van der Waals surface area contributed by atoms with E-state index in [1.807, 2.05) is 30.5 Å². The van der Waals surface area contributed by atoms with Crippen molar-refractivity contribution in [3.8, 4) is 22.6 Å². The zero-order valence-electron chi connectivity index (χ0n) is 19.2. The molecule has 1 aliphatic rings. The molecular weight excluding hydrogens is 434 g/mol. The number of rotatable bonds is 7. The van der Waals surface area contributed by atoms with Gasteiger partial charge in [0, 0.05) is 29.2 Å². The number of methoxy groups -OCH3 is 1. The number of hydrogen-bond donors (Lipinski definition) is 1. The Labute approximate surface area is 198 Å². The van der Waals surface area contributed by atoms with Gasteiger partial charge in [-0.05, 0) is 91.5 Å². The molecule has 1 aliphatic heterocycles. The molecule has 4 nitrogen and oxygen atoms in total. The van der Waals surface area contributed by atoms with Gasteiger partial charge in [0.2, 0.25) is 0 Å². The fourth-order valence-electron chi connectivity index (χ4n) is 4.83. The number of fused-ring (bicyclic) bond motifs is 1. The molecule has 4 aromatic rings. The topological polar surface area (TPSA) is 37.5 Å². The highest BCUT2D eigenvalue weighted by Crippen LogP contribution is 2.34.